The maximum atomic E-state index is 12.7. The van der Waals surface area contributed by atoms with Crippen molar-refractivity contribution in [2.24, 2.45) is 0 Å². The van der Waals surface area contributed by atoms with Crippen molar-refractivity contribution in [2.75, 3.05) is 7.11 Å². The molecule has 9 heteroatoms. The summed E-state index contributed by atoms with van der Waals surface area (Å²) in [6.45, 7) is -0.297. The highest BCUT2D eigenvalue weighted by Crippen LogP contribution is 2.22. The summed E-state index contributed by atoms with van der Waals surface area (Å²) in [6.07, 6.45) is 7.14. The van der Waals surface area contributed by atoms with Crippen LogP contribution in [0.5, 0.6) is 0 Å². The van der Waals surface area contributed by atoms with Gasteiger partial charge in [0.2, 0.25) is 10.0 Å². The molecule has 1 aliphatic rings. The molecule has 0 bridgehead atoms. The van der Waals surface area contributed by atoms with Gasteiger partial charge >= 0.3 is 11.7 Å². The normalized spacial score (nSPS) is 16.8. The number of rotatable bonds is 5. The number of nitrogens with one attached hydrogen (secondary N) is 1. The van der Waals surface area contributed by atoms with Crippen molar-refractivity contribution >= 4 is 27.1 Å². The van der Waals surface area contributed by atoms with Crippen molar-refractivity contribution < 1.29 is 22.4 Å². The van der Waals surface area contributed by atoms with Gasteiger partial charge in [-0.05, 0) is 25.0 Å². The van der Waals surface area contributed by atoms with Crippen molar-refractivity contribution in [1.29, 1.82) is 0 Å². The molecule has 148 valence electrons. The third kappa shape index (κ3) is 4.59. The molecule has 1 aromatic carbocycles. The topological polar surface area (TPSA) is 108 Å². The predicted octanol–water partition coefficient (Wildman–Crippen LogP) is 2.16. The molecule has 1 heterocycles. The van der Waals surface area contributed by atoms with E-state index in [1.54, 1.807) is 0 Å². The number of fused-ring (bicyclic) bond motifs is 1. The highest BCUT2D eigenvalue weighted by atomic mass is 32.2. The molecule has 2 aromatic rings. The number of sulfonamides is 1. The second-order valence-electron chi connectivity index (χ2n) is 6.82. The Bertz CT molecular complexity index is 967. The van der Waals surface area contributed by atoms with Crippen LogP contribution >= 0.6 is 0 Å². The Morgan fingerprint density at radius 1 is 1.22 bits per heavy atom. The fourth-order valence-corrected chi connectivity index (χ4v) is 4.74. The molecule has 0 unspecified atom stereocenters. The molecule has 0 spiro atoms. The van der Waals surface area contributed by atoms with Crippen LogP contribution in [0.4, 0.5) is 0 Å². The van der Waals surface area contributed by atoms with Gasteiger partial charge in [-0.15, -0.1) is 0 Å². The first-order valence-electron chi connectivity index (χ1n) is 9.13. The van der Waals surface area contributed by atoms with Crippen LogP contribution in [0.3, 0.4) is 0 Å². The Kier molecular flexibility index (Phi) is 6.01. The van der Waals surface area contributed by atoms with Crippen LogP contribution in [0.1, 0.15) is 44.9 Å². The van der Waals surface area contributed by atoms with Crippen molar-refractivity contribution in [1.82, 2.24) is 9.29 Å². The predicted molar refractivity (Wildman–Crippen MR) is 98.9 cm³/mol. The number of benzene rings is 1. The third-order valence-electron chi connectivity index (χ3n) is 4.89. The second-order valence-corrected chi connectivity index (χ2v) is 8.54. The largest absolute Gasteiger partial charge is 0.468 e. The van der Waals surface area contributed by atoms with E-state index in [2.05, 4.69) is 9.46 Å². The minimum atomic E-state index is -3.72. The fourth-order valence-electron chi connectivity index (χ4n) is 3.42. The van der Waals surface area contributed by atoms with Gasteiger partial charge in [-0.3, -0.25) is 9.36 Å². The molecule has 1 aromatic heterocycles. The Morgan fingerprint density at radius 3 is 2.56 bits per heavy atom. The van der Waals surface area contributed by atoms with Crippen LogP contribution in [0.2, 0.25) is 0 Å². The molecule has 0 aliphatic heterocycles. The van der Waals surface area contributed by atoms with Crippen LogP contribution in [0.25, 0.3) is 11.1 Å². The number of carbonyl (C=O) groups is 1. The maximum Gasteiger partial charge on any atom is 0.420 e. The highest BCUT2D eigenvalue weighted by Gasteiger charge is 2.22. The van der Waals surface area contributed by atoms with Gasteiger partial charge in [0.15, 0.2) is 5.58 Å². The van der Waals surface area contributed by atoms with Gasteiger partial charge in [0, 0.05) is 12.1 Å². The Labute approximate surface area is 157 Å². The molecule has 3 rings (SSSR count). The van der Waals surface area contributed by atoms with E-state index in [-0.39, 0.29) is 23.1 Å². The maximum absolute atomic E-state index is 12.7. The Morgan fingerprint density at radius 2 is 1.89 bits per heavy atom. The molecule has 1 fully saturated rings. The van der Waals surface area contributed by atoms with Crippen LogP contribution in [-0.4, -0.2) is 32.1 Å². The van der Waals surface area contributed by atoms with E-state index >= 15 is 0 Å². The SMILES string of the molecule is COC(=O)Cn1c(=O)oc2cc(S(=O)(=O)NC3CCCCCCC3)ccc21. The summed E-state index contributed by atoms with van der Waals surface area (Å²) in [5.41, 5.74) is 0.458. The van der Waals surface area contributed by atoms with Gasteiger partial charge in [0.05, 0.1) is 17.5 Å². The summed E-state index contributed by atoms with van der Waals surface area (Å²) >= 11 is 0. The Hall–Kier alpha value is -2.13. The van der Waals surface area contributed by atoms with Crippen LogP contribution < -0.4 is 10.5 Å². The molecule has 1 aliphatic carbocycles. The summed E-state index contributed by atoms with van der Waals surface area (Å²) in [7, 11) is -2.50. The summed E-state index contributed by atoms with van der Waals surface area (Å²) in [4.78, 5) is 23.4. The summed E-state index contributed by atoms with van der Waals surface area (Å²) in [5.74, 6) is -1.33. The van der Waals surface area contributed by atoms with Crippen LogP contribution in [0, 0.1) is 0 Å². The van der Waals surface area contributed by atoms with Crippen molar-refractivity contribution in [3.05, 3.63) is 28.7 Å². The minimum Gasteiger partial charge on any atom is -0.468 e. The van der Waals surface area contributed by atoms with Crippen molar-refractivity contribution in [2.45, 2.75) is 62.4 Å². The third-order valence-corrected chi connectivity index (χ3v) is 6.41. The zero-order chi connectivity index (χ0) is 19.4. The number of aromatic nitrogens is 1. The number of hydrogen-bond acceptors (Lipinski definition) is 6. The molecule has 0 radical (unpaired) electrons. The molecule has 8 nitrogen and oxygen atoms in total. The lowest BCUT2D eigenvalue weighted by atomic mass is 9.97. The lowest BCUT2D eigenvalue weighted by Crippen LogP contribution is -2.35. The first-order valence-corrected chi connectivity index (χ1v) is 10.6. The van der Waals surface area contributed by atoms with Gasteiger partial charge in [0.25, 0.3) is 0 Å². The molecule has 1 N–H and O–H groups in total. The number of oxazole rings is 1. The van der Waals surface area contributed by atoms with E-state index in [4.69, 9.17) is 4.42 Å². The first kappa shape index (κ1) is 19.6. The zero-order valence-electron chi connectivity index (χ0n) is 15.3. The van der Waals surface area contributed by atoms with Crippen molar-refractivity contribution in [3.8, 4) is 0 Å². The number of ether oxygens (including phenoxy) is 1. The lowest BCUT2D eigenvalue weighted by molar-refractivity contribution is -0.141. The smallest absolute Gasteiger partial charge is 0.420 e. The fraction of sp³-hybridized carbons (Fsp3) is 0.556. The summed E-state index contributed by atoms with van der Waals surface area (Å²) in [5, 5.41) is 0. The lowest BCUT2D eigenvalue weighted by Gasteiger charge is -2.20. The molecule has 0 atom stereocenters. The van der Waals surface area contributed by atoms with Gasteiger partial charge in [-0.25, -0.2) is 17.9 Å². The van der Waals surface area contributed by atoms with E-state index in [1.165, 1.54) is 31.7 Å². The Balaban J connectivity index is 1.85. The molecule has 0 amide bonds. The molecule has 27 heavy (non-hydrogen) atoms. The van der Waals surface area contributed by atoms with Gasteiger partial charge in [0.1, 0.15) is 6.54 Å². The average Bonchev–Trinajstić information content (AvgIpc) is 2.91. The van der Waals surface area contributed by atoms with Crippen molar-refractivity contribution in [3.63, 3.8) is 0 Å². The van der Waals surface area contributed by atoms with Crippen LogP contribution in [0.15, 0.2) is 32.3 Å². The number of nitrogens with zero attached hydrogens (tertiary/aromatic N) is 1. The highest BCUT2D eigenvalue weighted by molar-refractivity contribution is 7.89. The summed E-state index contributed by atoms with van der Waals surface area (Å²) < 4.78 is 39.1. The van der Waals surface area contributed by atoms with E-state index in [9.17, 15) is 18.0 Å². The molecule has 1 saturated carbocycles. The molecular formula is C18H24N2O6S. The quantitative estimate of drug-likeness (QED) is 0.776. The van der Waals surface area contributed by atoms with Crippen LogP contribution in [-0.2, 0) is 26.1 Å². The number of hydrogen-bond donors (Lipinski definition) is 1. The number of methoxy groups -OCH3 is 1. The minimum absolute atomic E-state index is 0.0380. The van der Waals surface area contributed by atoms with Gasteiger partial charge in [-0.2, -0.15) is 0 Å². The van der Waals surface area contributed by atoms with E-state index in [1.807, 2.05) is 0 Å². The van der Waals surface area contributed by atoms with E-state index in [0.29, 0.717) is 5.52 Å². The van der Waals surface area contributed by atoms with E-state index in [0.717, 1.165) is 43.1 Å². The van der Waals surface area contributed by atoms with Gasteiger partial charge < -0.3 is 9.15 Å². The molecular weight excluding hydrogens is 372 g/mol. The standard InChI is InChI=1S/C18H24N2O6S/c1-25-17(21)12-20-15-10-9-14(11-16(15)26-18(20)22)27(23,24)19-13-7-5-3-2-4-6-8-13/h9-11,13,19H,2-8,12H2,1H3. The first-order chi connectivity index (χ1) is 12.9. The monoisotopic (exact) mass is 396 g/mol. The summed E-state index contributed by atoms with van der Waals surface area (Å²) in [6, 6.07) is 4.11. The zero-order valence-corrected chi connectivity index (χ0v) is 16.1. The number of esters is 1. The number of carbonyl (C=O) groups excluding carboxylic acids is 1. The average molecular weight is 396 g/mol. The van der Waals surface area contributed by atoms with Gasteiger partial charge in [-0.1, -0.05) is 32.1 Å². The van der Waals surface area contributed by atoms with E-state index < -0.39 is 21.7 Å². The second kappa shape index (κ2) is 8.26. The molecule has 0 saturated heterocycles.